The van der Waals surface area contributed by atoms with E-state index in [1.165, 1.54) is 12.1 Å². The number of hydrogen-bond donors (Lipinski definition) is 1. The van der Waals surface area contributed by atoms with Crippen LogP contribution in [0, 0.1) is 5.82 Å². The molecule has 0 heterocycles. The number of ether oxygens (including phenoxy) is 3. The predicted molar refractivity (Wildman–Crippen MR) is 118 cm³/mol. The normalized spacial score (nSPS) is 10.9. The summed E-state index contributed by atoms with van der Waals surface area (Å²) in [7, 11) is 1.60. The number of unbranched alkanes of at least 4 members (excludes halogenated alkanes) is 1. The van der Waals surface area contributed by atoms with Gasteiger partial charge in [0.15, 0.2) is 11.5 Å². The van der Waals surface area contributed by atoms with Gasteiger partial charge in [0.05, 0.1) is 16.6 Å². The van der Waals surface area contributed by atoms with Crippen LogP contribution in [0.3, 0.4) is 0 Å². The summed E-state index contributed by atoms with van der Waals surface area (Å²) in [6.07, 6.45) is 3.25. The maximum absolute atomic E-state index is 13.2. The molecule has 0 aliphatic rings. The summed E-state index contributed by atoms with van der Waals surface area (Å²) in [5.41, 5.74) is 1.78. The summed E-state index contributed by atoms with van der Waals surface area (Å²) in [4.78, 5) is 0. The van der Waals surface area contributed by atoms with Crippen LogP contribution in [0.1, 0.15) is 37.3 Å². The summed E-state index contributed by atoms with van der Waals surface area (Å²) in [6, 6.07) is 8.19. The molecular formula is C22H28BrClFNO3. The number of methoxy groups -OCH3 is 1. The zero-order chi connectivity index (χ0) is 21.1. The Morgan fingerprint density at radius 1 is 1.14 bits per heavy atom. The van der Waals surface area contributed by atoms with Crippen LogP contribution >= 0.6 is 27.5 Å². The van der Waals surface area contributed by atoms with Gasteiger partial charge in [-0.3, -0.25) is 0 Å². The van der Waals surface area contributed by atoms with Gasteiger partial charge in [-0.2, -0.15) is 0 Å². The molecule has 2 aromatic rings. The van der Waals surface area contributed by atoms with Crippen LogP contribution in [0.5, 0.6) is 11.5 Å². The Hall–Kier alpha value is -1.34. The van der Waals surface area contributed by atoms with Crippen molar-refractivity contribution in [3.63, 3.8) is 0 Å². The standard InChI is InChI=1S/C22H28BrClFNO3/c1-3-4-9-28-10-5-8-26-14-16-11-19(23)22(21(12-16)27-2)29-15-17-6-7-18(25)13-20(17)24/h6-7,11-13,26H,3-5,8-10,14-15H2,1-2H3. The SMILES string of the molecule is CCCCOCCCNCc1cc(Br)c(OCc2ccc(F)cc2Cl)c(OC)c1. The van der Waals surface area contributed by atoms with E-state index in [0.29, 0.717) is 28.6 Å². The smallest absolute Gasteiger partial charge is 0.175 e. The molecule has 160 valence electrons. The average molecular weight is 489 g/mol. The second-order valence-electron chi connectivity index (χ2n) is 6.63. The lowest BCUT2D eigenvalue weighted by Crippen LogP contribution is -2.16. The Labute approximate surface area is 185 Å². The van der Waals surface area contributed by atoms with E-state index in [1.807, 2.05) is 12.1 Å². The van der Waals surface area contributed by atoms with E-state index in [-0.39, 0.29) is 12.4 Å². The first-order valence-corrected chi connectivity index (χ1v) is 10.9. The van der Waals surface area contributed by atoms with E-state index in [2.05, 4.69) is 28.2 Å². The van der Waals surface area contributed by atoms with Crippen molar-refractivity contribution in [3.8, 4) is 11.5 Å². The van der Waals surface area contributed by atoms with Crippen molar-refractivity contribution in [1.29, 1.82) is 0 Å². The number of rotatable bonds is 13. The minimum Gasteiger partial charge on any atom is -0.493 e. The van der Waals surface area contributed by atoms with Crippen LogP contribution in [0.2, 0.25) is 5.02 Å². The fraction of sp³-hybridized carbons (Fsp3) is 0.455. The molecule has 0 atom stereocenters. The van der Waals surface area contributed by atoms with Crippen molar-refractivity contribution in [2.24, 2.45) is 0 Å². The summed E-state index contributed by atoms with van der Waals surface area (Å²) < 4.78 is 30.9. The minimum atomic E-state index is -0.373. The highest BCUT2D eigenvalue weighted by Gasteiger charge is 2.13. The van der Waals surface area contributed by atoms with Gasteiger partial charge < -0.3 is 19.5 Å². The number of hydrogen-bond acceptors (Lipinski definition) is 4. The van der Waals surface area contributed by atoms with Crippen molar-refractivity contribution in [2.45, 2.75) is 39.3 Å². The van der Waals surface area contributed by atoms with Crippen LogP contribution in [0.4, 0.5) is 4.39 Å². The van der Waals surface area contributed by atoms with Crippen LogP contribution in [0.15, 0.2) is 34.8 Å². The summed E-state index contributed by atoms with van der Waals surface area (Å²) in [5.74, 6) is 0.833. The van der Waals surface area contributed by atoms with Crippen molar-refractivity contribution in [2.75, 3.05) is 26.9 Å². The van der Waals surface area contributed by atoms with Gasteiger partial charge in [-0.1, -0.05) is 31.0 Å². The van der Waals surface area contributed by atoms with Gasteiger partial charge in [0.25, 0.3) is 0 Å². The molecule has 7 heteroatoms. The lowest BCUT2D eigenvalue weighted by molar-refractivity contribution is 0.129. The maximum atomic E-state index is 13.2. The topological polar surface area (TPSA) is 39.7 Å². The zero-order valence-corrected chi connectivity index (χ0v) is 19.2. The summed E-state index contributed by atoms with van der Waals surface area (Å²) in [6.45, 7) is 5.58. The molecule has 0 aromatic heterocycles. The molecule has 0 saturated carbocycles. The third kappa shape index (κ3) is 8.13. The average Bonchev–Trinajstić information content (AvgIpc) is 2.70. The number of benzene rings is 2. The molecule has 2 aromatic carbocycles. The molecular weight excluding hydrogens is 461 g/mol. The van der Waals surface area contributed by atoms with E-state index in [4.69, 9.17) is 25.8 Å². The second kappa shape index (κ2) is 13.1. The molecule has 0 aliphatic carbocycles. The van der Waals surface area contributed by atoms with E-state index in [0.717, 1.165) is 49.1 Å². The molecule has 0 aliphatic heterocycles. The molecule has 0 saturated heterocycles. The van der Waals surface area contributed by atoms with Gasteiger partial charge in [0, 0.05) is 25.3 Å². The molecule has 0 radical (unpaired) electrons. The quantitative estimate of drug-likeness (QED) is 0.345. The fourth-order valence-corrected chi connectivity index (χ4v) is 3.51. The Morgan fingerprint density at radius 2 is 1.93 bits per heavy atom. The molecule has 1 N–H and O–H groups in total. The predicted octanol–water partition coefficient (Wildman–Crippen LogP) is 6.13. The molecule has 0 bridgehead atoms. The number of halogens is 3. The van der Waals surface area contributed by atoms with Gasteiger partial charge in [0.2, 0.25) is 0 Å². The van der Waals surface area contributed by atoms with Crippen molar-refractivity contribution < 1.29 is 18.6 Å². The van der Waals surface area contributed by atoms with E-state index in [9.17, 15) is 4.39 Å². The van der Waals surface area contributed by atoms with Gasteiger partial charge >= 0.3 is 0 Å². The first-order chi connectivity index (χ1) is 14.0. The van der Waals surface area contributed by atoms with Crippen LogP contribution in [-0.4, -0.2) is 26.9 Å². The van der Waals surface area contributed by atoms with Gasteiger partial charge in [-0.05, 0) is 65.1 Å². The lowest BCUT2D eigenvalue weighted by atomic mass is 10.2. The fourth-order valence-electron chi connectivity index (χ4n) is 2.68. The van der Waals surface area contributed by atoms with Gasteiger partial charge in [0.1, 0.15) is 12.4 Å². The van der Waals surface area contributed by atoms with E-state index in [1.54, 1.807) is 13.2 Å². The highest BCUT2D eigenvalue weighted by atomic mass is 79.9. The number of nitrogens with one attached hydrogen (secondary N) is 1. The minimum absolute atomic E-state index is 0.212. The molecule has 29 heavy (non-hydrogen) atoms. The van der Waals surface area contributed by atoms with Crippen molar-refractivity contribution in [1.82, 2.24) is 5.32 Å². The molecule has 0 spiro atoms. The first-order valence-electron chi connectivity index (χ1n) is 9.76. The summed E-state index contributed by atoms with van der Waals surface area (Å²) in [5, 5.41) is 3.74. The molecule has 4 nitrogen and oxygen atoms in total. The Bertz CT molecular complexity index is 776. The van der Waals surface area contributed by atoms with Crippen molar-refractivity contribution in [3.05, 3.63) is 56.8 Å². The third-order valence-electron chi connectivity index (χ3n) is 4.29. The molecule has 0 unspecified atom stereocenters. The van der Waals surface area contributed by atoms with Gasteiger partial charge in [-0.25, -0.2) is 4.39 Å². The molecule has 2 rings (SSSR count). The van der Waals surface area contributed by atoms with Crippen LogP contribution in [-0.2, 0) is 17.9 Å². The van der Waals surface area contributed by atoms with E-state index < -0.39 is 0 Å². The lowest BCUT2D eigenvalue weighted by Gasteiger charge is -2.15. The monoisotopic (exact) mass is 487 g/mol. The Balaban J connectivity index is 1.88. The van der Waals surface area contributed by atoms with E-state index >= 15 is 0 Å². The van der Waals surface area contributed by atoms with Crippen molar-refractivity contribution >= 4 is 27.5 Å². The highest BCUT2D eigenvalue weighted by molar-refractivity contribution is 9.10. The molecule has 0 amide bonds. The second-order valence-corrected chi connectivity index (χ2v) is 7.89. The summed E-state index contributed by atoms with van der Waals surface area (Å²) >= 11 is 9.63. The largest absolute Gasteiger partial charge is 0.493 e. The maximum Gasteiger partial charge on any atom is 0.175 e. The van der Waals surface area contributed by atoms with Gasteiger partial charge in [-0.15, -0.1) is 0 Å². The Kier molecular flexibility index (Phi) is 10.8. The highest BCUT2D eigenvalue weighted by Crippen LogP contribution is 2.37. The van der Waals surface area contributed by atoms with Crippen LogP contribution in [0.25, 0.3) is 0 Å². The first kappa shape index (κ1) is 23.9. The molecule has 0 fully saturated rings. The third-order valence-corrected chi connectivity index (χ3v) is 5.23. The zero-order valence-electron chi connectivity index (χ0n) is 16.9. The van der Waals surface area contributed by atoms with Crippen LogP contribution < -0.4 is 14.8 Å². The Morgan fingerprint density at radius 3 is 2.66 bits per heavy atom.